The van der Waals surface area contributed by atoms with Crippen LogP contribution in [-0.2, 0) is 10.0 Å². The normalized spacial score (nSPS) is 14.9. The van der Waals surface area contributed by atoms with Gasteiger partial charge in [-0.1, -0.05) is 0 Å². The zero-order valence-electron chi connectivity index (χ0n) is 16.6. The first-order chi connectivity index (χ1) is 14.3. The number of aromatic hydroxyl groups is 1. The van der Waals surface area contributed by atoms with E-state index in [4.69, 9.17) is 9.15 Å². The molecule has 2 aromatic carbocycles. The number of nitrogens with one attached hydrogen (secondary N) is 1. The maximum atomic E-state index is 12.9. The maximum Gasteiger partial charge on any atom is 0.291 e. The van der Waals surface area contributed by atoms with Gasteiger partial charge in [0.1, 0.15) is 17.1 Å². The molecule has 2 N–H and O–H groups in total. The molecular formula is C21H22N2O6S. The number of ether oxygens (including phenoxy) is 1. The number of phenols is 1. The van der Waals surface area contributed by atoms with E-state index in [-0.39, 0.29) is 16.4 Å². The van der Waals surface area contributed by atoms with Gasteiger partial charge in [0.05, 0.1) is 17.7 Å². The summed E-state index contributed by atoms with van der Waals surface area (Å²) >= 11 is 0. The Hall–Kier alpha value is -3.04. The number of hydrogen-bond donors (Lipinski definition) is 2. The molecule has 0 radical (unpaired) electrons. The predicted octanol–water partition coefficient (Wildman–Crippen LogP) is 3.49. The lowest BCUT2D eigenvalue weighted by molar-refractivity contribution is 0.0997. The minimum absolute atomic E-state index is 0.0239. The molecule has 1 aliphatic heterocycles. The van der Waals surface area contributed by atoms with Crippen LogP contribution in [0.2, 0.25) is 0 Å². The zero-order valence-corrected chi connectivity index (χ0v) is 17.5. The van der Waals surface area contributed by atoms with E-state index in [9.17, 15) is 18.3 Å². The number of rotatable bonds is 5. The van der Waals surface area contributed by atoms with Gasteiger partial charge in [-0.3, -0.25) is 4.79 Å². The number of aryl methyl sites for hydroxylation is 1. The van der Waals surface area contributed by atoms with E-state index in [0.29, 0.717) is 41.1 Å². The third kappa shape index (κ3) is 3.50. The molecular weight excluding hydrogens is 408 g/mol. The van der Waals surface area contributed by atoms with E-state index in [0.717, 1.165) is 12.8 Å². The number of furan rings is 1. The highest BCUT2D eigenvalue weighted by Crippen LogP contribution is 2.32. The van der Waals surface area contributed by atoms with Crippen LogP contribution in [0.4, 0.5) is 5.69 Å². The van der Waals surface area contributed by atoms with Crippen LogP contribution >= 0.6 is 0 Å². The van der Waals surface area contributed by atoms with Crippen molar-refractivity contribution in [2.24, 2.45) is 0 Å². The van der Waals surface area contributed by atoms with E-state index in [1.54, 1.807) is 19.1 Å². The van der Waals surface area contributed by atoms with Crippen LogP contribution in [0.5, 0.6) is 11.5 Å². The number of hydrogen-bond acceptors (Lipinski definition) is 6. The first-order valence-corrected chi connectivity index (χ1v) is 11.0. The molecule has 30 heavy (non-hydrogen) atoms. The molecule has 0 unspecified atom stereocenters. The predicted molar refractivity (Wildman–Crippen MR) is 112 cm³/mol. The number of sulfonamides is 1. The quantitative estimate of drug-likeness (QED) is 0.641. The van der Waals surface area contributed by atoms with Gasteiger partial charge in [0.2, 0.25) is 10.0 Å². The van der Waals surface area contributed by atoms with Crippen LogP contribution in [0.3, 0.4) is 0 Å². The number of benzene rings is 2. The van der Waals surface area contributed by atoms with Crippen molar-refractivity contribution >= 4 is 32.6 Å². The van der Waals surface area contributed by atoms with Crippen molar-refractivity contribution in [2.75, 3.05) is 25.5 Å². The highest BCUT2D eigenvalue weighted by atomic mass is 32.2. The second-order valence-electron chi connectivity index (χ2n) is 7.16. The largest absolute Gasteiger partial charge is 0.508 e. The lowest BCUT2D eigenvalue weighted by Crippen LogP contribution is -2.27. The van der Waals surface area contributed by atoms with Crippen molar-refractivity contribution in [1.82, 2.24) is 4.31 Å². The third-order valence-corrected chi connectivity index (χ3v) is 7.14. The summed E-state index contributed by atoms with van der Waals surface area (Å²) in [5.41, 5.74) is 1.24. The number of methoxy groups -OCH3 is 1. The molecule has 158 valence electrons. The molecule has 1 saturated heterocycles. The van der Waals surface area contributed by atoms with E-state index in [1.807, 2.05) is 0 Å². The van der Waals surface area contributed by atoms with Crippen molar-refractivity contribution in [3.63, 3.8) is 0 Å². The number of phenolic OH excluding ortho intramolecular Hbond substituents is 1. The number of carbonyl (C=O) groups is 1. The summed E-state index contributed by atoms with van der Waals surface area (Å²) in [5.74, 6) is -0.110. The van der Waals surface area contributed by atoms with Crippen molar-refractivity contribution < 1.29 is 27.5 Å². The van der Waals surface area contributed by atoms with E-state index in [1.165, 1.54) is 35.7 Å². The lowest BCUT2D eigenvalue weighted by atomic mass is 10.1. The molecule has 8 nitrogen and oxygen atoms in total. The highest BCUT2D eigenvalue weighted by molar-refractivity contribution is 7.89. The minimum Gasteiger partial charge on any atom is -0.508 e. The summed E-state index contributed by atoms with van der Waals surface area (Å²) in [6, 6.07) is 8.97. The van der Waals surface area contributed by atoms with Gasteiger partial charge in [-0.25, -0.2) is 8.42 Å². The fourth-order valence-electron chi connectivity index (χ4n) is 3.63. The molecule has 3 aromatic rings. The Morgan fingerprint density at radius 2 is 1.90 bits per heavy atom. The van der Waals surface area contributed by atoms with E-state index >= 15 is 0 Å². The summed E-state index contributed by atoms with van der Waals surface area (Å²) in [7, 11) is -2.12. The third-order valence-electron chi connectivity index (χ3n) is 5.25. The number of carbonyl (C=O) groups excluding carboxylic acids is 1. The Balaban J connectivity index is 1.68. The number of amides is 1. The van der Waals surface area contributed by atoms with Crippen molar-refractivity contribution in [3.05, 3.63) is 47.7 Å². The molecule has 1 aliphatic rings. The van der Waals surface area contributed by atoms with Crippen LogP contribution in [-0.4, -0.2) is 43.9 Å². The Bertz CT molecular complexity index is 1230. The number of anilines is 1. The summed E-state index contributed by atoms with van der Waals surface area (Å²) in [6.45, 7) is 2.74. The molecule has 1 amide bonds. The summed E-state index contributed by atoms with van der Waals surface area (Å²) in [4.78, 5) is 13.0. The first kappa shape index (κ1) is 20.2. The second-order valence-corrected chi connectivity index (χ2v) is 9.10. The minimum atomic E-state index is -3.57. The average Bonchev–Trinajstić information content (AvgIpc) is 3.37. The number of nitrogens with zero attached hydrogens (tertiary/aromatic N) is 1. The van der Waals surface area contributed by atoms with Crippen LogP contribution in [0.15, 0.2) is 45.7 Å². The highest BCUT2D eigenvalue weighted by Gasteiger charge is 2.28. The van der Waals surface area contributed by atoms with Gasteiger partial charge in [0, 0.05) is 30.1 Å². The summed E-state index contributed by atoms with van der Waals surface area (Å²) in [6.07, 6.45) is 1.71. The van der Waals surface area contributed by atoms with Crippen molar-refractivity contribution in [3.8, 4) is 11.5 Å². The smallest absolute Gasteiger partial charge is 0.291 e. The van der Waals surface area contributed by atoms with Crippen molar-refractivity contribution in [2.45, 2.75) is 24.7 Å². The molecule has 0 spiro atoms. The zero-order chi connectivity index (χ0) is 21.5. The topological polar surface area (TPSA) is 109 Å². The molecule has 4 rings (SSSR count). The van der Waals surface area contributed by atoms with Gasteiger partial charge in [0.15, 0.2) is 5.76 Å². The van der Waals surface area contributed by atoms with E-state index < -0.39 is 15.9 Å². The van der Waals surface area contributed by atoms with Crippen LogP contribution in [0.1, 0.15) is 29.0 Å². The molecule has 0 atom stereocenters. The fourth-order valence-corrected chi connectivity index (χ4v) is 5.17. The van der Waals surface area contributed by atoms with Crippen LogP contribution in [0, 0.1) is 6.92 Å². The Morgan fingerprint density at radius 1 is 1.17 bits per heavy atom. The van der Waals surface area contributed by atoms with Gasteiger partial charge < -0.3 is 19.6 Å². The first-order valence-electron chi connectivity index (χ1n) is 9.53. The monoisotopic (exact) mass is 430 g/mol. The molecule has 2 heterocycles. The summed E-state index contributed by atoms with van der Waals surface area (Å²) < 4.78 is 38.1. The van der Waals surface area contributed by atoms with Gasteiger partial charge in [-0.15, -0.1) is 0 Å². The SMILES string of the molecule is COc1ccc(O)cc1NC(=O)c1oc2ccc(S(=O)(=O)N3CCCC3)cc2c1C. The van der Waals surface area contributed by atoms with Crippen molar-refractivity contribution in [1.29, 1.82) is 0 Å². The number of fused-ring (bicyclic) bond motifs is 1. The molecule has 1 fully saturated rings. The van der Waals surface area contributed by atoms with Crippen LogP contribution in [0.25, 0.3) is 11.0 Å². The lowest BCUT2D eigenvalue weighted by Gasteiger charge is -2.15. The molecule has 9 heteroatoms. The molecule has 1 aromatic heterocycles. The maximum absolute atomic E-state index is 12.9. The average molecular weight is 430 g/mol. The van der Waals surface area contributed by atoms with Gasteiger partial charge in [-0.2, -0.15) is 4.31 Å². The standard InChI is InChI=1S/C21H22N2O6S/c1-13-16-12-15(30(26,27)23-9-3-4-10-23)6-8-18(16)29-20(13)21(25)22-17-11-14(24)5-7-19(17)28-2/h5-8,11-12,24H,3-4,9-10H2,1-2H3,(H,22,25). The Labute approximate surface area is 174 Å². The molecule has 0 bridgehead atoms. The van der Waals surface area contributed by atoms with Gasteiger partial charge in [-0.05, 0) is 50.1 Å². The van der Waals surface area contributed by atoms with E-state index in [2.05, 4.69) is 5.32 Å². The van der Waals surface area contributed by atoms with Gasteiger partial charge in [0.25, 0.3) is 5.91 Å². The van der Waals surface area contributed by atoms with Crippen LogP contribution < -0.4 is 10.1 Å². The Morgan fingerprint density at radius 3 is 2.60 bits per heavy atom. The molecule has 0 saturated carbocycles. The van der Waals surface area contributed by atoms with Gasteiger partial charge >= 0.3 is 0 Å². The second kappa shape index (κ2) is 7.66. The Kier molecular flexibility index (Phi) is 5.17. The fraction of sp³-hybridized carbons (Fsp3) is 0.286. The summed E-state index contributed by atoms with van der Waals surface area (Å²) in [5, 5.41) is 12.9. The molecule has 0 aliphatic carbocycles.